The van der Waals surface area contributed by atoms with Crippen molar-refractivity contribution in [3.8, 4) is 0 Å². The zero-order valence-corrected chi connectivity index (χ0v) is 14.3. The quantitative estimate of drug-likeness (QED) is 0.513. The van der Waals surface area contributed by atoms with Crippen molar-refractivity contribution in [3.05, 3.63) is 33.4 Å². The second kappa shape index (κ2) is 8.09. The number of aliphatic hydroxyl groups is 4. The van der Waals surface area contributed by atoms with Gasteiger partial charge in [0.1, 0.15) is 29.9 Å². The van der Waals surface area contributed by atoms with Gasteiger partial charge in [0.2, 0.25) is 0 Å². The van der Waals surface area contributed by atoms with Gasteiger partial charge in [0.05, 0.1) is 6.61 Å². The van der Waals surface area contributed by atoms with Crippen LogP contribution in [-0.2, 0) is 11.2 Å². The Hall–Kier alpha value is 0.1000. The summed E-state index contributed by atoms with van der Waals surface area (Å²) in [6.45, 7) is -0.390. The standard InChI is InChI=1S/C14H19IO5S/c15-9-3-1-8(2-4-9)5-6-21-14-13(19)12(18)11(17)10(7-16)20-14/h1-4,10-14,16-19H,5-7H2/t10-,11+,12+,13-,14+/m1/s1/i15-4. The van der Waals surface area contributed by atoms with Crippen molar-refractivity contribution >= 4 is 34.4 Å². The van der Waals surface area contributed by atoms with E-state index in [4.69, 9.17) is 9.84 Å². The fourth-order valence-electron chi connectivity index (χ4n) is 2.15. The fraction of sp³-hybridized carbons (Fsp3) is 0.571. The van der Waals surface area contributed by atoms with Gasteiger partial charge in [-0.3, -0.25) is 0 Å². The van der Waals surface area contributed by atoms with Gasteiger partial charge in [0, 0.05) is 3.57 Å². The summed E-state index contributed by atoms with van der Waals surface area (Å²) in [5.41, 5.74) is 0.539. The summed E-state index contributed by atoms with van der Waals surface area (Å²) in [7, 11) is 0. The van der Waals surface area contributed by atoms with Crippen LogP contribution in [-0.4, -0.2) is 62.6 Å². The molecule has 0 aromatic heterocycles. The minimum atomic E-state index is -1.30. The topological polar surface area (TPSA) is 90.2 Å². The average Bonchev–Trinajstić information content (AvgIpc) is 2.49. The number of ether oxygens (including phenoxy) is 1. The van der Waals surface area contributed by atoms with Gasteiger partial charge in [0.15, 0.2) is 0 Å². The molecule has 1 aliphatic heterocycles. The van der Waals surface area contributed by atoms with E-state index in [9.17, 15) is 15.3 Å². The average molecular weight is 422 g/mol. The summed E-state index contributed by atoms with van der Waals surface area (Å²) in [6, 6.07) is 8.17. The number of hydrogen-bond acceptors (Lipinski definition) is 6. The highest BCUT2D eigenvalue weighted by molar-refractivity contribution is 14.1. The molecule has 1 aliphatic rings. The minimum Gasteiger partial charge on any atom is -0.394 e. The number of halogens is 1. The Morgan fingerprint density at radius 2 is 1.71 bits per heavy atom. The molecule has 7 heteroatoms. The van der Waals surface area contributed by atoms with Gasteiger partial charge in [-0.2, -0.15) is 0 Å². The van der Waals surface area contributed by atoms with E-state index in [0.717, 1.165) is 6.42 Å². The summed E-state index contributed by atoms with van der Waals surface area (Å²) in [4.78, 5) is 0. The van der Waals surface area contributed by atoms with Crippen molar-refractivity contribution in [3.63, 3.8) is 0 Å². The maximum atomic E-state index is 9.92. The minimum absolute atomic E-state index is 0.390. The van der Waals surface area contributed by atoms with Gasteiger partial charge in [0.25, 0.3) is 0 Å². The highest BCUT2D eigenvalue weighted by Crippen LogP contribution is 2.28. The van der Waals surface area contributed by atoms with Crippen LogP contribution >= 0.6 is 34.4 Å². The Morgan fingerprint density at radius 1 is 1.05 bits per heavy atom. The highest BCUT2D eigenvalue weighted by Gasteiger charge is 2.43. The van der Waals surface area contributed by atoms with Gasteiger partial charge in [-0.05, 0) is 52.5 Å². The molecule has 5 atom stereocenters. The van der Waals surface area contributed by atoms with Gasteiger partial charge in [-0.1, -0.05) is 12.1 Å². The predicted octanol–water partition coefficient (Wildman–Crippen LogP) is 0.367. The molecule has 5 nitrogen and oxygen atoms in total. The molecule has 0 radical (unpaired) electrons. The van der Waals surface area contributed by atoms with Crippen LogP contribution in [0.2, 0.25) is 0 Å². The van der Waals surface area contributed by atoms with Crippen molar-refractivity contribution in [1.82, 2.24) is 0 Å². The highest BCUT2D eigenvalue weighted by atomic mass is 123. The second-order valence-electron chi connectivity index (χ2n) is 4.94. The van der Waals surface area contributed by atoms with Crippen molar-refractivity contribution in [2.24, 2.45) is 0 Å². The molecule has 2 rings (SSSR count). The Labute approximate surface area is 141 Å². The first-order valence-electron chi connectivity index (χ1n) is 6.69. The van der Waals surface area contributed by atoms with E-state index in [1.165, 1.54) is 20.9 Å². The van der Waals surface area contributed by atoms with Crippen LogP contribution in [0.4, 0.5) is 0 Å². The molecule has 0 saturated carbocycles. The molecule has 1 aromatic carbocycles. The third-order valence-corrected chi connectivity index (χ3v) is 5.31. The predicted molar refractivity (Wildman–Crippen MR) is 89.1 cm³/mol. The van der Waals surface area contributed by atoms with E-state index in [2.05, 4.69) is 34.7 Å². The number of thioether (sulfide) groups is 1. The Kier molecular flexibility index (Phi) is 6.73. The molecule has 21 heavy (non-hydrogen) atoms. The van der Waals surface area contributed by atoms with Gasteiger partial charge in [-0.15, -0.1) is 11.8 Å². The van der Waals surface area contributed by atoms with E-state index in [-0.39, 0.29) is 6.61 Å². The first kappa shape index (κ1) is 17.5. The van der Waals surface area contributed by atoms with E-state index in [1.807, 2.05) is 12.1 Å². The first-order valence-corrected chi connectivity index (χ1v) is 8.82. The molecule has 118 valence electrons. The first-order chi connectivity index (χ1) is 10.0. The Morgan fingerprint density at radius 3 is 2.33 bits per heavy atom. The molecule has 1 aromatic rings. The maximum Gasteiger partial charge on any atom is 0.132 e. The third-order valence-electron chi connectivity index (χ3n) is 3.43. The number of hydrogen-bond donors (Lipinski definition) is 4. The lowest BCUT2D eigenvalue weighted by atomic mass is 10.0. The number of aryl methyl sites for hydroxylation is 1. The van der Waals surface area contributed by atoms with Crippen LogP contribution in [0.3, 0.4) is 0 Å². The summed E-state index contributed by atoms with van der Waals surface area (Å²) in [5, 5.41) is 38.5. The smallest absolute Gasteiger partial charge is 0.132 e. The van der Waals surface area contributed by atoms with Crippen molar-refractivity contribution in [2.45, 2.75) is 36.3 Å². The van der Waals surface area contributed by atoms with Crippen molar-refractivity contribution in [2.75, 3.05) is 12.4 Å². The van der Waals surface area contributed by atoms with Crippen LogP contribution < -0.4 is 0 Å². The zero-order valence-electron chi connectivity index (χ0n) is 11.3. The number of benzene rings is 1. The molecular formula is C14H19IO5S. The molecule has 0 bridgehead atoms. The third kappa shape index (κ3) is 4.54. The largest absolute Gasteiger partial charge is 0.394 e. The van der Waals surface area contributed by atoms with Crippen molar-refractivity contribution in [1.29, 1.82) is 0 Å². The summed E-state index contributed by atoms with van der Waals surface area (Å²) in [5.74, 6) is 0.712. The second-order valence-corrected chi connectivity index (χ2v) is 7.40. The van der Waals surface area contributed by atoms with Crippen molar-refractivity contribution < 1.29 is 25.2 Å². The van der Waals surface area contributed by atoms with E-state index in [0.29, 0.717) is 5.75 Å². The molecule has 0 spiro atoms. The SMILES string of the molecule is OC[C@H]1O[C@@H](SCCc2ccc([123I])cc2)[C@H](O)[C@@H](O)[C@H]1O. The lowest BCUT2D eigenvalue weighted by molar-refractivity contribution is -0.205. The summed E-state index contributed by atoms with van der Waals surface area (Å²) in [6.07, 6.45) is -3.77. The molecule has 0 aliphatic carbocycles. The maximum absolute atomic E-state index is 9.92. The van der Waals surface area contributed by atoms with E-state index >= 15 is 0 Å². The Bertz CT molecular complexity index is 441. The normalized spacial score (nSPS) is 33.1. The van der Waals surface area contributed by atoms with Crippen LogP contribution in [0.5, 0.6) is 0 Å². The summed E-state index contributed by atoms with van der Waals surface area (Å²) < 4.78 is 6.62. The molecule has 1 fully saturated rings. The molecule has 0 amide bonds. The van der Waals surface area contributed by atoms with Gasteiger partial charge < -0.3 is 25.2 Å². The van der Waals surface area contributed by atoms with Crippen LogP contribution in [0.1, 0.15) is 5.56 Å². The summed E-state index contributed by atoms with van der Waals surface area (Å²) >= 11 is 3.62. The lowest BCUT2D eigenvalue weighted by Gasteiger charge is -2.39. The van der Waals surface area contributed by atoms with Crippen LogP contribution in [0.25, 0.3) is 0 Å². The van der Waals surface area contributed by atoms with E-state index < -0.39 is 29.9 Å². The zero-order chi connectivity index (χ0) is 15.4. The molecule has 1 heterocycles. The van der Waals surface area contributed by atoms with Gasteiger partial charge in [-0.25, -0.2) is 0 Å². The fourth-order valence-corrected chi connectivity index (χ4v) is 3.67. The van der Waals surface area contributed by atoms with Crippen LogP contribution in [0.15, 0.2) is 24.3 Å². The number of aliphatic hydroxyl groups excluding tert-OH is 4. The molecule has 1 saturated heterocycles. The van der Waals surface area contributed by atoms with Gasteiger partial charge >= 0.3 is 0 Å². The van der Waals surface area contributed by atoms with E-state index in [1.54, 1.807) is 0 Å². The number of rotatable bonds is 5. The molecule has 4 N–H and O–H groups in total. The van der Waals surface area contributed by atoms with Crippen LogP contribution in [0, 0.1) is 3.57 Å². The monoisotopic (exact) mass is 422 g/mol. The lowest BCUT2D eigenvalue weighted by Crippen LogP contribution is -2.57. The molecular weight excluding hydrogens is 403 g/mol. The molecule has 0 unspecified atom stereocenters. The Balaban J connectivity index is 1.85.